The minimum atomic E-state index is -1.19. The molecule has 4 atom stereocenters. The number of nitrogens with one attached hydrogen (secondary N) is 1. The lowest BCUT2D eigenvalue weighted by Crippen LogP contribution is -2.44. The number of hydroxylamine groups is 1. The van der Waals surface area contributed by atoms with Crippen LogP contribution in [0.4, 0.5) is 8.78 Å². The SMILES string of the molecule is C[C@H]1C[C@@H](Oc2ccnc(COc3ccc(F)cc3F)n2)CCN1Cc1nc2ccc(C(O)NO)cc2n1C[C@@H]1CCO1. The van der Waals surface area contributed by atoms with Gasteiger partial charge in [-0.25, -0.2) is 18.7 Å². The van der Waals surface area contributed by atoms with Gasteiger partial charge in [-0.1, -0.05) is 6.07 Å². The van der Waals surface area contributed by atoms with Crippen molar-refractivity contribution >= 4 is 11.0 Å². The van der Waals surface area contributed by atoms with E-state index >= 15 is 0 Å². The highest BCUT2D eigenvalue weighted by atomic mass is 19.1. The minimum Gasteiger partial charge on any atom is -0.483 e. The number of aliphatic hydroxyl groups is 1. The number of aliphatic hydroxyl groups excluding tert-OH is 1. The maximum absolute atomic E-state index is 13.9. The molecule has 0 amide bonds. The Labute approximate surface area is 247 Å². The normalized spacial score (nSPS) is 21.5. The van der Waals surface area contributed by atoms with Crippen LogP contribution in [0.25, 0.3) is 11.0 Å². The van der Waals surface area contributed by atoms with Crippen LogP contribution in [0.3, 0.4) is 0 Å². The molecule has 3 N–H and O–H groups in total. The summed E-state index contributed by atoms with van der Waals surface area (Å²) in [5.41, 5.74) is 4.14. The number of benzene rings is 2. The predicted molar refractivity (Wildman–Crippen MR) is 150 cm³/mol. The van der Waals surface area contributed by atoms with Gasteiger partial charge in [0, 0.05) is 37.5 Å². The third kappa shape index (κ3) is 6.76. The summed E-state index contributed by atoms with van der Waals surface area (Å²) < 4.78 is 46.6. The zero-order valence-electron chi connectivity index (χ0n) is 23.7. The minimum absolute atomic E-state index is 0.0540. The van der Waals surface area contributed by atoms with Gasteiger partial charge in [-0.05, 0) is 56.0 Å². The number of hydrogen-bond acceptors (Lipinski definition) is 10. The number of likely N-dealkylation sites (tertiary alicyclic amines) is 1. The van der Waals surface area contributed by atoms with Gasteiger partial charge in [0.2, 0.25) is 5.88 Å². The first-order valence-corrected chi connectivity index (χ1v) is 14.3. The predicted octanol–water partition coefficient (Wildman–Crippen LogP) is 3.87. The second-order valence-electron chi connectivity index (χ2n) is 11.0. The molecule has 0 spiro atoms. The number of aromatic nitrogens is 4. The Morgan fingerprint density at radius 1 is 1.14 bits per heavy atom. The van der Waals surface area contributed by atoms with Gasteiger partial charge in [0.05, 0.1) is 30.2 Å². The number of halogens is 2. The van der Waals surface area contributed by atoms with E-state index in [1.807, 2.05) is 17.6 Å². The van der Waals surface area contributed by atoms with Gasteiger partial charge >= 0.3 is 0 Å². The molecule has 4 heterocycles. The largest absolute Gasteiger partial charge is 0.483 e. The monoisotopic (exact) mass is 596 g/mol. The summed E-state index contributed by atoms with van der Waals surface area (Å²) in [7, 11) is 0. The van der Waals surface area contributed by atoms with Crippen LogP contribution in [0.1, 0.15) is 49.6 Å². The number of hydrogen-bond donors (Lipinski definition) is 3. The first kappa shape index (κ1) is 29.3. The van der Waals surface area contributed by atoms with Gasteiger partial charge < -0.3 is 29.1 Å². The third-order valence-electron chi connectivity index (χ3n) is 8.00. The van der Waals surface area contributed by atoms with Crippen molar-refractivity contribution in [3.05, 3.63) is 77.5 Å². The summed E-state index contributed by atoms with van der Waals surface area (Å²) in [4.78, 5) is 15.9. The van der Waals surface area contributed by atoms with Gasteiger partial charge in [0.15, 0.2) is 23.6 Å². The van der Waals surface area contributed by atoms with Gasteiger partial charge in [0.1, 0.15) is 24.4 Å². The third-order valence-corrected chi connectivity index (χ3v) is 8.00. The summed E-state index contributed by atoms with van der Waals surface area (Å²) in [6.45, 7) is 4.93. The fourth-order valence-corrected chi connectivity index (χ4v) is 5.51. The quantitative estimate of drug-likeness (QED) is 0.173. The lowest BCUT2D eigenvalue weighted by Gasteiger charge is -2.37. The molecule has 228 valence electrons. The summed E-state index contributed by atoms with van der Waals surface area (Å²) >= 11 is 0. The zero-order chi connectivity index (χ0) is 29.9. The summed E-state index contributed by atoms with van der Waals surface area (Å²) in [6.07, 6.45) is 2.99. The molecule has 1 unspecified atom stereocenters. The van der Waals surface area contributed by atoms with E-state index in [1.54, 1.807) is 18.3 Å². The molecule has 2 saturated heterocycles. The number of nitrogens with zero attached hydrogens (tertiary/aromatic N) is 5. The molecular formula is C30H34F2N6O5. The molecule has 2 aliphatic rings. The van der Waals surface area contributed by atoms with Crippen LogP contribution in [0.15, 0.2) is 48.7 Å². The van der Waals surface area contributed by atoms with Crippen molar-refractivity contribution in [1.82, 2.24) is 29.9 Å². The summed E-state index contributed by atoms with van der Waals surface area (Å²) in [6, 6.07) is 10.5. The fourth-order valence-electron chi connectivity index (χ4n) is 5.51. The van der Waals surface area contributed by atoms with E-state index in [4.69, 9.17) is 19.2 Å². The Balaban J connectivity index is 1.09. The average molecular weight is 597 g/mol. The maximum Gasteiger partial charge on any atom is 0.216 e. The van der Waals surface area contributed by atoms with Gasteiger partial charge in [-0.3, -0.25) is 4.90 Å². The second-order valence-corrected chi connectivity index (χ2v) is 11.0. The molecule has 4 aromatic rings. The Bertz CT molecular complexity index is 1570. The van der Waals surface area contributed by atoms with Crippen molar-refractivity contribution in [2.75, 3.05) is 13.2 Å². The molecule has 43 heavy (non-hydrogen) atoms. The molecule has 0 saturated carbocycles. The molecule has 2 aromatic carbocycles. The van der Waals surface area contributed by atoms with Crippen LogP contribution in [0.2, 0.25) is 0 Å². The lowest BCUT2D eigenvalue weighted by atomic mass is 10.0. The van der Waals surface area contributed by atoms with Gasteiger partial charge in [-0.2, -0.15) is 10.5 Å². The summed E-state index contributed by atoms with van der Waals surface area (Å²) in [5, 5.41) is 19.3. The standard InChI is InChI=1S/C30H34F2N6O5/c1-18-12-21(43-29-6-9-33-27(35-29)17-42-26-5-3-20(31)14-23(26)32)7-10-37(18)16-28-34-24-4-2-19(30(39)36-40)13-25(24)38(28)15-22-8-11-41-22/h2-6,9,13-14,18,21-22,30,36,39-40H,7-8,10-12,15-17H2,1H3/t18-,21-,22-,30?/m0/s1. The van der Waals surface area contributed by atoms with Crippen molar-refractivity contribution in [1.29, 1.82) is 0 Å². The Morgan fingerprint density at radius 2 is 2.00 bits per heavy atom. The van der Waals surface area contributed by atoms with Crippen LogP contribution in [0.5, 0.6) is 11.6 Å². The number of rotatable bonds is 11. The van der Waals surface area contributed by atoms with E-state index in [9.17, 15) is 19.1 Å². The number of imidazole rings is 1. The molecular weight excluding hydrogens is 562 g/mol. The van der Waals surface area contributed by atoms with Gasteiger partial charge in [0.25, 0.3) is 0 Å². The first-order valence-electron chi connectivity index (χ1n) is 14.3. The van der Waals surface area contributed by atoms with Crippen molar-refractivity contribution < 1.29 is 33.3 Å². The van der Waals surface area contributed by atoms with Crippen LogP contribution in [-0.2, 0) is 24.4 Å². The van der Waals surface area contributed by atoms with Crippen molar-refractivity contribution in [3.8, 4) is 11.6 Å². The van der Waals surface area contributed by atoms with Crippen molar-refractivity contribution in [3.63, 3.8) is 0 Å². The average Bonchev–Trinajstić information content (AvgIpc) is 3.31. The topological polar surface area (TPSA) is 127 Å². The molecule has 11 nitrogen and oxygen atoms in total. The van der Waals surface area contributed by atoms with E-state index in [0.717, 1.165) is 61.4 Å². The molecule has 13 heteroatoms. The van der Waals surface area contributed by atoms with Crippen LogP contribution in [0, 0.1) is 11.6 Å². The highest BCUT2D eigenvalue weighted by Gasteiger charge is 2.29. The highest BCUT2D eigenvalue weighted by molar-refractivity contribution is 5.77. The lowest BCUT2D eigenvalue weighted by molar-refractivity contribution is -0.0593. The van der Waals surface area contributed by atoms with Gasteiger partial charge in [-0.15, -0.1) is 0 Å². The fraction of sp³-hybridized carbons (Fsp3) is 0.433. The smallest absolute Gasteiger partial charge is 0.216 e. The molecule has 0 bridgehead atoms. The van der Waals surface area contributed by atoms with E-state index < -0.39 is 17.9 Å². The molecule has 2 aliphatic heterocycles. The summed E-state index contributed by atoms with van der Waals surface area (Å²) in [5.74, 6) is 0.112. The Morgan fingerprint density at radius 3 is 2.74 bits per heavy atom. The number of piperidine rings is 1. The molecule has 0 aliphatic carbocycles. The molecule has 2 aromatic heterocycles. The van der Waals surface area contributed by atoms with Crippen molar-refractivity contribution in [2.24, 2.45) is 0 Å². The van der Waals surface area contributed by atoms with E-state index in [0.29, 0.717) is 30.4 Å². The Hall–Kier alpha value is -3.75. The molecule has 0 radical (unpaired) electrons. The maximum atomic E-state index is 13.9. The van der Waals surface area contributed by atoms with Crippen LogP contribution < -0.4 is 15.0 Å². The van der Waals surface area contributed by atoms with E-state index in [-0.39, 0.29) is 30.6 Å². The van der Waals surface area contributed by atoms with E-state index in [2.05, 4.69) is 26.4 Å². The van der Waals surface area contributed by atoms with Crippen molar-refractivity contribution in [2.45, 2.75) is 70.4 Å². The highest BCUT2D eigenvalue weighted by Crippen LogP contribution is 2.28. The zero-order valence-corrected chi connectivity index (χ0v) is 23.7. The second kappa shape index (κ2) is 12.9. The van der Waals surface area contributed by atoms with E-state index in [1.165, 1.54) is 6.07 Å². The molecule has 2 fully saturated rings. The molecule has 6 rings (SSSR count). The van der Waals surface area contributed by atoms with Crippen LogP contribution in [-0.4, -0.2) is 66.1 Å². The number of fused-ring (bicyclic) bond motifs is 1. The van der Waals surface area contributed by atoms with Crippen LogP contribution >= 0.6 is 0 Å². The first-order chi connectivity index (χ1) is 20.9. The Kier molecular flexibility index (Phi) is 8.77. The number of ether oxygens (including phenoxy) is 3.